The molecule has 0 fully saturated rings. The molecule has 0 aliphatic heterocycles. The lowest BCUT2D eigenvalue weighted by Crippen LogP contribution is -2.06. The van der Waals surface area contributed by atoms with Gasteiger partial charge in [-0.25, -0.2) is 4.98 Å². The zero-order valence-electron chi connectivity index (χ0n) is 13.4. The van der Waals surface area contributed by atoms with Crippen LogP contribution in [0.2, 0.25) is 0 Å². The molecule has 0 N–H and O–H groups in total. The molecule has 3 rings (SSSR count). The summed E-state index contributed by atoms with van der Waals surface area (Å²) >= 11 is 0. The van der Waals surface area contributed by atoms with Gasteiger partial charge in [0.25, 0.3) is 0 Å². The summed E-state index contributed by atoms with van der Waals surface area (Å²) in [6.45, 7) is 3.10. The number of azo groups is 1. The minimum Gasteiger partial charge on any atom is -0.295 e. The molecule has 0 saturated heterocycles. The monoisotopic (exact) mass is 346 g/mol. The Morgan fingerprint density at radius 2 is 1.76 bits per heavy atom. The third-order valence-electron chi connectivity index (χ3n) is 3.62. The molecule has 0 aliphatic rings. The van der Waals surface area contributed by atoms with Gasteiger partial charge in [-0.1, -0.05) is 0 Å². The molecular weight excluding hydrogens is 333 g/mol. The van der Waals surface area contributed by atoms with Crippen molar-refractivity contribution in [3.8, 4) is 0 Å². The molecule has 25 heavy (non-hydrogen) atoms. The first-order valence-corrected chi connectivity index (χ1v) is 7.34. The topological polar surface area (TPSA) is 59.1 Å². The summed E-state index contributed by atoms with van der Waals surface area (Å²) < 4.78 is 39.9. The maximum Gasteiger partial charge on any atom is 0.417 e. The van der Waals surface area contributed by atoms with E-state index >= 15 is 0 Å². The number of nitrogens with zero attached hydrogens (tertiary/aromatic N) is 4. The molecule has 0 atom stereocenters. The molecule has 0 saturated carbocycles. The van der Waals surface area contributed by atoms with Crippen molar-refractivity contribution in [2.75, 3.05) is 0 Å². The number of alkyl halides is 3. The maximum atomic E-state index is 12.9. The van der Waals surface area contributed by atoms with E-state index in [1.165, 1.54) is 17.4 Å². The third-order valence-corrected chi connectivity index (χ3v) is 3.62. The van der Waals surface area contributed by atoms with Gasteiger partial charge in [0.1, 0.15) is 5.65 Å². The number of hydrogen-bond donors (Lipinski definition) is 0. The van der Waals surface area contributed by atoms with Crippen LogP contribution in [0.5, 0.6) is 0 Å². The molecule has 8 heteroatoms. The van der Waals surface area contributed by atoms with Crippen LogP contribution in [0.3, 0.4) is 0 Å². The van der Waals surface area contributed by atoms with Gasteiger partial charge in [0.2, 0.25) is 0 Å². The van der Waals surface area contributed by atoms with Gasteiger partial charge in [-0.05, 0) is 50.2 Å². The van der Waals surface area contributed by atoms with E-state index in [-0.39, 0.29) is 11.6 Å². The Bertz CT molecular complexity index is 972. The van der Waals surface area contributed by atoms with Crippen LogP contribution in [-0.4, -0.2) is 15.2 Å². The standard InChI is InChI=1S/C17H13F3N4O/c1-10-16(23-22-14-6-3-12(4-7-14)11(2)25)24-9-13(17(18,19)20)5-8-15(24)21-10/h3-9H,1-2H3. The first kappa shape index (κ1) is 16.8. The van der Waals surface area contributed by atoms with E-state index in [1.54, 1.807) is 31.2 Å². The van der Waals surface area contributed by atoms with Gasteiger partial charge in [-0.15, -0.1) is 10.2 Å². The number of pyridine rings is 1. The zero-order chi connectivity index (χ0) is 18.2. The van der Waals surface area contributed by atoms with Crippen LogP contribution in [0.15, 0.2) is 52.8 Å². The molecule has 5 nitrogen and oxygen atoms in total. The highest BCUT2D eigenvalue weighted by atomic mass is 19.4. The lowest BCUT2D eigenvalue weighted by molar-refractivity contribution is -0.137. The number of imidazole rings is 1. The number of rotatable bonds is 3. The Morgan fingerprint density at radius 3 is 2.36 bits per heavy atom. The molecule has 3 aromatic rings. The fourth-order valence-electron chi connectivity index (χ4n) is 2.31. The third kappa shape index (κ3) is 3.42. The Kier molecular flexibility index (Phi) is 4.12. The lowest BCUT2D eigenvalue weighted by Gasteiger charge is -2.06. The second kappa shape index (κ2) is 6.12. The Labute approximate surface area is 140 Å². The molecule has 0 unspecified atom stereocenters. The van der Waals surface area contributed by atoms with E-state index in [0.717, 1.165) is 12.3 Å². The van der Waals surface area contributed by atoms with Crippen LogP contribution >= 0.6 is 0 Å². The molecular formula is C17H13F3N4O. The lowest BCUT2D eigenvalue weighted by atomic mass is 10.1. The number of halogens is 3. The van der Waals surface area contributed by atoms with Crippen molar-refractivity contribution in [3.05, 3.63) is 59.4 Å². The normalized spacial score (nSPS) is 12.2. The summed E-state index contributed by atoms with van der Waals surface area (Å²) in [4.78, 5) is 15.4. The fourth-order valence-corrected chi connectivity index (χ4v) is 2.31. The number of fused-ring (bicyclic) bond motifs is 1. The number of carbonyl (C=O) groups excluding carboxylic acids is 1. The molecule has 0 bridgehead atoms. The minimum absolute atomic E-state index is 0.0687. The minimum atomic E-state index is -4.46. The summed E-state index contributed by atoms with van der Waals surface area (Å²) in [5.74, 6) is 0.151. The number of benzene rings is 1. The number of ketones is 1. The van der Waals surface area contributed by atoms with Crippen LogP contribution in [0.25, 0.3) is 5.65 Å². The number of Topliss-reactive ketones (excluding diaryl/α,β-unsaturated/α-hetero) is 1. The zero-order valence-corrected chi connectivity index (χ0v) is 13.4. The van der Waals surface area contributed by atoms with Gasteiger partial charge in [-0.3, -0.25) is 9.20 Å². The Hall–Kier alpha value is -3.03. The summed E-state index contributed by atoms with van der Waals surface area (Å²) in [5.41, 5.74) is 1.04. The predicted octanol–water partition coefficient (Wildman–Crippen LogP) is 5.28. The molecule has 2 heterocycles. The average Bonchev–Trinajstić information content (AvgIpc) is 2.87. The smallest absolute Gasteiger partial charge is 0.295 e. The summed E-state index contributed by atoms with van der Waals surface area (Å²) in [6, 6.07) is 8.71. The van der Waals surface area contributed by atoms with Crippen molar-refractivity contribution in [1.29, 1.82) is 0 Å². The molecule has 128 valence electrons. The van der Waals surface area contributed by atoms with E-state index in [4.69, 9.17) is 0 Å². The largest absolute Gasteiger partial charge is 0.417 e. The van der Waals surface area contributed by atoms with Crippen molar-refractivity contribution >= 4 is 22.9 Å². The van der Waals surface area contributed by atoms with Crippen LogP contribution in [0.4, 0.5) is 24.7 Å². The van der Waals surface area contributed by atoms with Crippen LogP contribution in [-0.2, 0) is 6.18 Å². The van der Waals surface area contributed by atoms with Crippen molar-refractivity contribution in [2.24, 2.45) is 10.2 Å². The molecule has 0 spiro atoms. The number of aromatic nitrogens is 2. The Balaban J connectivity index is 2.00. The summed E-state index contributed by atoms with van der Waals surface area (Å²) in [6.07, 6.45) is -3.51. The molecule has 1 aromatic carbocycles. The van der Waals surface area contributed by atoms with Gasteiger partial charge in [0, 0.05) is 11.8 Å². The first-order valence-electron chi connectivity index (χ1n) is 7.34. The van der Waals surface area contributed by atoms with Crippen molar-refractivity contribution < 1.29 is 18.0 Å². The van der Waals surface area contributed by atoms with Crippen LogP contribution < -0.4 is 0 Å². The quantitative estimate of drug-likeness (QED) is 0.478. The molecule has 0 radical (unpaired) electrons. The van der Waals surface area contributed by atoms with Crippen molar-refractivity contribution in [2.45, 2.75) is 20.0 Å². The van der Waals surface area contributed by atoms with Crippen LogP contribution in [0, 0.1) is 6.92 Å². The van der Waals surface area contributed by atoms with E-state index < -0.39 is 11.7 Å². The van der Waals surface area contributed by atoms with Gasteiger partial charge in [-0.2, -0.15) is 13.2 Å². The molecule has 0 amide bonds. The fraction of sp³-hybridized carbons (Fsp3) is 0.176. The van der Waals surface area contributed by atoms with Crippen molar-refractivity contribution in [1.82, 2.24) is 9.38 Å². The summed E-state index contributed by atoms with van der Waals surface area (Å²) in [5, 5.41) is 8.06. The van der Waals surface area contributed by atoms with Gasteiger partial charge < -0.3 is 0 Å². The van der Waals surface area contributed by atoms with Crippen LogP contribution in [0.1, 0.15) is 28.5 Å². The SMILES string of the molecule is CC(=O)c1ccc(N=Nc2c(C)nc3ccc(C(F)(F)F)cn23)cc1. The van der Waals surface area contributed by atoms with E-state index in [9.17, 15) is 18.0 Å². The number of aryl methyl sites for hydroxylation is 1. The highest BCUT2D eigenvalue weighted by molar-refractivity contribution is 5.94. The number of hydrogen-bond acceptors (Lipinski definition) is 4. The molecule has 0 aliphatic carbocycles. The maximum absolute atomic E-state index is 12.9. The van der Waals surface area contributed by atoms with E-state index in [0.29, 0.717) is 22.6 Å². The summed E-state index contributed by atoms with van der Waals surface area (Å²) in [7, 11) is 0. The second-order valence-corrected chi connectivity index (χ2v) is 5.47. The van der Waals surface area contributed by atoms with Gasteiger partial charge in [0.05, 0.1) is 16.9 Å². The van der Waals surface area contributed by atoms with E-state index in [1.807, 2.05) is 0 Å². The highest BCUT2D eigenvalue weighted by Crippen LogP contribution is 2.31. The highest BCUT2D eigenvalue weighted by Gasteiger charge is 2.31. The van der Waals surface area contributed by atoms with Gasteiger partial charge in [0.15, 0.2) is 11.6 Å². The Morgan fingerprint density at radius 1 is 1.08 bits per heavy atom. The molecule has 2 aromatic heterocycles. The first-order chi connectivity index (χ1) is 11.8. The number of carbonyl (C=O) groups is 1. The van der Waals surface area contributed by atoms with Crippen molar-refractivity contribution in [3.63, 3.8) is 0 Å². The average molecular weight is 346 g/mol. The van der Waals surface area contributed by atoms with Gasteiger partial charge >= 0.3 is 6.18 Å². The second-order valence-electron chi connectivity index (χ2n) is 5.47. The predicted molar refractivity (Wildman–Crippen MR) is 85.6 cm³/mol. The van der Waals surface area contributed by atoms with E-state index in [2.05, 4.69) is 15.2 Å².